The van der Waals surface area contributed by atoms with Crippen LogP contribution in [-0.4, -0.2) is 32.8 Å². The second kappa shape index (κ2) is 8.44. The van der Waals surface area contributed by atoms with Crippen molar-refractivity contribution < 1.29 is 23.8 Å². The predicted molar refractivity (Wildman–Crippen MR) is 94.2 cm³/mol. The van der Waals surface area contributed by atoms with Gasteiger partial charge >= 0.3 is 5.97 Å². The van der Waals surface area contributed by atoms with Crippen LogP contribution in [0.5, 0.6) is 5.75 Å². The molecule has 0 fully saturated rings. The lowest BCUT2D eigenvalue weighted by Crippen LogP contribution is -2.09. The summed E-state index contributed by atoms with van der Waals surface area (Å²) in [6, 6.07) is 11.9. The van der Waals surface area contributed by atoms with Gasteiger partial charge in [-0.15, -0.1) is 0 Å². The van der Waals surface area contributed by atoms with Crippen LogP contribution in [0, 0.1) is 0 Å². The Morgan fingerprint density at radius 3 is 2.16 bits per heavy atom. The first-order valence-corrected chi connectivity index (χ1v) is 7.96. The highest BCUT2D eigenvalue weighted by Gasteiger charge is 2.17. The van der Waals surface area contributed by atoms with Gasteiger partial charge in [0.25, 0.3) is 0 Å². The normalized spacial score (nSPS) is 10.6. The van der Waals surface area contributed by atoms with E-state index in [-0.39, 0.29) is 18.5 Å². The minimum absolute atomic E-state index is 0.0581. The first-order chi connectivity index (χ1) is 12.0. The fraction of sp³-hybridized carbons (Fsp3) is 0.300. The molecule has 0 N–H and O–H groups in total. The summed E-state index contributed by atoms with van der Waals surface area (Å²) in [7, 11) is 2.84. The van der Waals surface area contributed by atoms with E-state index in [9.17, 15) is 9.59 Å². The minimum atomic E-state index is -0.440. The van der Waals surface area contributed by atoms with E-state index >= 15 is 0 Å². The van der Waals surface area contributed by atoms with Crippen LogP contribution >= 0.6 is 0 Å². The Morgan fingerprint density at radius 2 is 1.60 bits per heavy atom. The Kier molecular flexibility index (Phi) is 6.31. The highest BCUT2D eigenvalue weighted by molar-refractivity contribution is 6.11. The van der Waals surface area contributed by atoms with Gasteiger partial charge in [0.1, 0.15) is 5.75 Å². The Labute approximate surface area is 147 Å². The lowest BCUT2D eigenvalue weighted by molar-refractivity contribution is 0.0503. The van der Waals surface area contributed by atoms with Gasteiger partial charge in [-0.1, -0.05) is 32.0 Å². The standard InChI is InChI=1S/C20H22O5/c1-13(2)16-9-10-18(25-12-23-3)17(11-16)19(21)14-5-7-15(8-6-14)20(22)24-4/h5-11,13H,12H2,1-4H3. The van der Waals surface area contributed by atoms with Gasteiger partial charge in [-0.3, -0.25) is 4.79 Å². The first-order valence-electron chi connectivity index (χ1n) is 7.96. The zero-order chi connectivity index (χ0) is 18.4. The van der Waals surface area contributed by atoms with Gasteiger partial charge in [0.15, 0.2) is 12.6 Å². The zero-order valence-electron chi connectivity index (χ0n) is 14.9. The number of methoxy groups -OCH3 is 2. The van der Waals surface area contributed by atoms with Crippen molar-refractivity contribution in [1.82, 2.24) is 0 Å². The van der Waals surface area contributed by atoms with E-state index in [1.54, 1.807) is 30.3 Å². The number of esters is 1. The van der Waals surface area contributed by atoms with Crippen LogP contribution in [0.15, 0.2) is 42.5 Å². The maximum Gasteiger partial charge on any atom is 0.337 e. The molecule has 0 atom stereocenters. The summed E-state index contributed by atoms with van der Waals surface area (Å²) in [6.45, 7) is 4.18. The first kappa shape index (κ1) is 18.7. The third-order valence-electron chi connectivity index (χ3n) is 3.82. The van der Waals surface area contributed by atoms with Crippen molar-refractivity contribution in [3.8, 4) is 5.75 Å². The minimum Gasteiger partial charge on any atom is -0.467 e. The van der Waals surface area contributed by atoms with E-state index in [1.165, 1.54) is 14.2 Å². The Hall–Kier alpha value is -2.66. The molecule has 0 amide bonds. The van der Waals surface area contributed by atoms with Crippen LogP contribution < -0.4 is 4.74 Å². The third kappa shape index (κ3) is 4.45. The highest BCUT2D eigenvalue weighted by atomic mass is 16.7. The van der Waals surface area contributed by atoms with Gasteiger partial charge in [0, 0.05) is 12.7 Å². The Balaban J connectivity index is 2.38. The molecule has 0 spiro atoms. The predicted octanol–water partition coefficient (Wildman–Crippen LogP) is 3.81. The van der Waals surface area contributed by atoms with Gasteiger partial charge in [-0.25, -0.2) is 4.79 Å². The van der Waals surface area contributed by atoms with Crippen molar-refractivity contribution in [2.45, 2.75) is 19.8 Å². The van der Waals surface area contributed by atoms with Gasteiger partial charge in [0.2, 0.25) is 0 Å². The molecule has 0 aromatic heterocycles. The topological polar surface area (TPSA) is 61.8 Å². The van der Waals surface area contributed by atoms with Crippen molar-refractivity contribution in [3.63, 3.8) is 0 Å². The molecule has 0 heterocycles. The number of benzene rings is 2. The molecule has 0 bridgehead atoms. The number of rotatable bonds is 7. The number of ketones is 1. The van der Waals surface area contributed by atoms with Gasteiger partial charge in [-0.2, -0.15) is 0 Å². The maximum atomic E-state index is 12.9. The fourth-order valence-electron chi connectivity index (χ4n) is 2.36. The fourth-order valence-corrected chi connectivity index (χ4v) is 2.36. The van der Waals surface area contributed by atoms with Gasteiger partial charge in [0.05, 0.1) is 18.2 Å². The summed E-state index contributed by atoms with van der Waals surface area (Å²) < 4.78 is 15.1. The van der Waals surface area contributed by atoms with Crippen LogP contribution in [0.3, 0.4) is 0 Å². The van der Waals surface area contributed by atoms with Crippen molar-refractivity contribution in [2.24, 2.45) is 0 Å². The van der Waals surface area contributed by atoms with Crippen LogP contribution in [-0.2, 0) is 9.47 Å². The number of carbonyl (C=O) groups is 2. The number of carbonyl (C=O) groups excluding carboxylic acids is 2. The number of ether oxygens (including phenoxy) is 3. The van der Waals surface area contributed by atoms with E-state index in [0.29, 0.717) is 22.4 Å². The van der Waals surface area contributed by atoms with Crippen molar-refractivity contribution in [2.75, 3.05) is 21.0 Å². The molecule has 0 radical (unpaired) electrons. The third-order valence-corrected chi connectivity index (χ3v) is 3.82. The molecular formula is C20H22O5. The monoisotopic (exact) mass is 342 g/mol. The van der Waals surface area contributed by atoms with E-state index in [4.69, 9.17) is 9.47 Å². The van der Waals surface area contributed by atoms with Crippen LogP contribution in [0.25, 0.3) is 0 Å². The molecule has 2 aromatic rings. The van der Waals surface area contributed by atoms with Crippen molar-refractivity contribution in [3.05, 3.63) is 64.7 Å². The molecule has 0 unspecified atom stereocenters. The molecule has 5 nitrogen and oxygen atoms in total. The smallest absolute Gasteiger partial charge is 0.337 e. The molecular weight excluding hydrogens is 320 g/mol. The highest BCUT2D eigenvalue weighted by Crippen LogP contribution is 2.27. The SMILES string of the molecule is COCOc1ccc(C(C)C)cc1C(=O)c1ccc(C(=O)OC)cc1. The summed E-state index contributed by atoms with van der Waals surface area (Å²) in [5, 5.41) is 0. The Bertz CT molecular complexity index is 747. The van der Waals surface area contributed by atoms with Gasteiger partial charge in [-0.05, 0) is 35.7 Å². The Morgan fingerprint density at radius 1 is 0.960 bits per heavy atom. The molecule has 0 aliphatic carbocycles. The summed E-state index contributed by atoms with van der Waals surface area (Å²) in [5.74, 6) is 0.132. The van der Waals surface area contributed by atoms with E-state index in [0.717, 1.165) is 5.56 Å². The summed E-state index contributed by atoms with van der Waals surface area (Å²) in [6.07, 6.45) is 0. The van der Waals surface area contributed by atoms with E-state index < -0.39 is 5.97 Å². The zero-order valence-corrected chi connectivity index (χ0v) is 14.9. The van der Waals surface area contributed by atoms with Crippen LogP contribution in [0.1, 0.15) is 51.6 Å². The van der Waals surface area contributed by atoms with Crippen LogP contribution in [0.4, 0.5) is 0 Å². The maximum absolute atomic E-state index is 12.9. The molecule has 0 aliphatic heterocycles. The molecule has 2 rings (SSSR count). The summed E-state index contributed by atoms with van der Waals surface area (Å²) >= 11 is 0. The molecule has 0 saturated carbocycles. The average Bonchev–Trinajstić information content (AvgIpc) is 2.65. The van der Waals surface area contributed by atoms with E-state index in [1.807, 2.05) is 12.1 Å². The van der Waals surface area contributed by atoms with E-state index in [2.05, 4.69) is 18.6 Å². The second-order valence-corrected chi connectivity index (χ2v) is 5.86. The molecule has 132 valence electrons. The second-order valence-electron chi connectivity index (χ2n) is 5.86. The summed E-state index contributed by atoms with van der Waals surface area (Å²) in [5.41, 5.74) is 2.37. The molecule has 0 saturated heterocycles. The molecule has 2 aromatic carbocycles. The molecule has 0 aliphatic rings. The van der Waals surface area contributed by atoms with Crippen LogP contribution in [0.2, 0.25) is 0 Å². The lowest BCUT2D eigenvalue weighted by Gasteiger charge is -2.14. The lowest BCUT2D eigenvalue weighted by atomic mass is 9.95. The van der Waals surface area contributed by atoms with Gasteiger partial charge < -0.3 is 14.2 Å². The average molecular weight is 342 g/mol. The summed E-state index contributed by atoms with van der Waals surface area (Å²) in [4.78, 5) is 24.4. The molecule has 25 heavy (non-hydrogen) atoms. The quantitative estimate of drug-likeness (QED) is 0.435. The molecule has 5 heteroatoms. The largest absolute Gasteiger partial charge is 0.467 e. The number of hydrogen-bond acceptors (Lipinski definition) is 5. The van der Waals surface area contributed by atoms with Crippen molar-refractivity contribution >= 4 is 11.8 Å². The number of hydrogen-bond donors (Lipinski definition) is 0. The van der Waals surface area contributed by atoms with Crippen molar-refractivity contribution in [1.29, 1.82) is 0 Å².